The Labute approximate surface area is 84.0 Å². The Hall–Kier alpha value is -1.64. The average molecular weight is 189 g/mol. The summed E-state index contributed by atoms with van der Waals surface area (Å²) >= 11 is 0. The molecule has 14 heavy (non-hydrogen) atoms. The van der Waals surface area contributed by atoms with E-state index in [1.54, 1.807) is 0 Å². The number of rotatable bonds is 4. The van der Waals surface area contributed by atoms with Gasteiger partial charge in [0.05, 0.1) is 5.84 Å². The SMILES string of the molecule is Cc1ccccc1CC(=N)CC(=N)N. The molecule has 1 rings (SSSR count). The maximum atomic E-state index is 7.63. The van der Waals surface area contributed by atoms with E-state index in [4.69, 9.17) is 16.6 Å². The summed E-state index contributed by atoms with van der Waals surface area (Å²) in [5, 5.41) is 14.7. The molecule has 0 atom stereocenters. The molecule has 3 nitrogen and oxygen atoms in total. The van der Waals surface area contributed by atoms with Gasteiger partial charge in [0.15, 0.2) is 0 Å². The van der Waals surface area contributed by atoms with Crippen LogP contribution >= 0.6 is 0 Å². The predicted molar refractivity (Wildman–Crippen MR) is 59.1 cm³/mol. The molecular formula is C11H15N3. The average Bonchev–Trinajstić information content (AvgIpc) is 2.07. The van der Waals surface area contributed by atoms with Crippen LogP contribution in [0, 0.1) is 17.7 Å². The number of amidine groups is 1. The summed E-state index contributed by atoms with van der Waals surface area (Å²) in [6.07, 6.45) is 0.862. The molecule has 0 radical (unpaired) electrons. The largest absolute Gasteiger partial charge is 0.387 e. The van der Waals surface area contributed by atoms with Crippen LogP contribution in [-0.4, -0.2) is 11.5 Å². The van der Waals surface area contributed by atoms with E-state index in [2.05, 4.69) is 0 Å². The van der Waals surface area contributed by atoms with Crippen LogP contribution in [0.4, 0.5) is 0 Å². The van der Waals surface area contributed by atoms with Crippen molar-refractivity contribution < 1.29 is 0 Å². The molecule has 0 heterocycles. The molecule has 0 bridgehead atoms. The molecule has 0 aliphatic carbocycles. The van der Waals surface area contributed by atoms with Gasteiger partial charge in [-0.15, -0.1) is 0 Å². The lowest BCUT2D eigenvalue weighted by Gasteiger charge is -2.05. The van der Waals surface area contributed by atoms with Gasteiger partial charge in [0.1, 0.15) is 0 Å². The molecule has 1 aromatic carbocycles. The maximum Gasteiger partial charge on any atom is 0.0962 e. The summed E-state index contributed by atoms with van der Waals surface area (Å²) < 4.78 is 0. The zero-order chi connectivity index (χ0) is 10.6. The van der Waals surface area contributed by atoms with E-state index in [0.717, 1.165) is 5.56 Å². The van der Waals surface area contributed by atoms with Gasteiger partial charge in [-0.25, -0.2) is 0 Å². The summed E-state index contributed by atoms with van der Waals surface area (Å²) in [4.78, 5) is 0. The third-order valence-electron chi connectivity index (χ3n) is 2.07. The number of aryl methyl sites for hydroxylation is 1. The van der Waals surface area contributed by atoms with Crippen LogP contribution in [-0.2, 0) is 6.42 Å². The fraction of sp³-hybridized carbons (Fsp3) is 0.273. The molecule has 4 N–H and O–H groups in total. The van der Waals surface area contributed by atoms with E-state index in [-0.39, 0.29) is 12.3 Å². The van der Waals surface area contributed by atoms with Crippen molar-refractivity contribution in [1.82, 2.24) is 0 Å². The van der Waals surface area contributed by atoms with E-state index < -0.39 is 0 Å². The van der Waals surface area contributed by atoms with Gasteiger partial charge in [-0.05, 0) is 18.1 Å². The third-order valence-corrected chi connectivity index (χ3v) is 2.07. The summed E-state index contributed by atoms with van der Waals surface area (Å²) in [6, 6.07) is 7.97. The molecule has 0 aliphatic rings. The Morgan fingerprint density at radius 1 is 1.29 bits per heavy atom. The Morgan fingerprint density at radius 3 is 2.50 bits per heavy atom. The maximum absolute atomic E-state index is 7.63. The number of benzene rings is 1. The topological polar surface area (TPSA) is 73.7 Å². The summed E-state index contributed by atoms with van der Waals surface area (Å²) in [5.41, 5.74) is 8.04. The highest BCUT2D eigenvalue weighted by Crippen LogP contribution is 2.08. The summed E-state index contributed by atoms with van der Waals surface area (Å²) in [5.74, 6) is 0.0589. The summed E-state index contributed by atoms with van der Waals surface area (Å²) in [7, 11) is 0. The van der Waals surface area contributed by atoms with Crippen molar-refractivity contribution in [3.05, 3.63) is 35.4 Å². The molecule has 0 aliphatic heterocycles. The van der Waals surface area contributed by atoms with E-state index in [1.165, 1.54) is 5.56 Å². The van der Waals surface area contributed by atoms with Gasteiger partial charge in [-0.1, -0.05) is 24.3 Å². The zero-order valence-electron chi connectivity index (χ0n) is 8.30. The molecule has 0 saturated carbocycles. The molecule has 1 aromatic rings. The highest BCUT2D eigenvalue weighted by Gasteiger charge is 2.03. The fourth-order valence-electron chi connectivity index (χ4n) is 1.33. The van der Waals surface area contributed by atoms with Crippen LogP contribution in [0.3, 0.4) is 0 Å². The van der Waals surface area contributed by atoms with Gasteiger partial charge in [0.2, 0.25) is 0 Å². The van der Waals surface area contributed by atoms with Crippen molar-refractivity contribution >= 4 is 11.5 Å². The van der Waals surface area contributed by atoms with Crippen molar-refractivity contribution in [2.45, 2.75) is 19.8 Å². The molecule has 74 valence electrons. The lowest BCUT2D eigenvalue weighted by molar-refractivity contribution is 1.18. The monoisotopic (exact) mass is 189 g/mol. The molecule has 0 aromatic heterocycles. The lowest BCUT2D eigenvalue weighted by Crippen LogP contribution is -2.16. The highest BCUT2D eigenvalue weighted by atomic mass is 14.7. The lowest BCUT2D eigenvalue weighted by atomic mass is 10.0. The standard InChI is InChI=1S/C11H15N3/c1-8-4-2-3-5-9(8)6-10(12)7-11(13)14/h2-5,12H,6-7H2,1H3,(H3,13,14). The second kappa shape index (κ2) is 4.56. The van der Waals surface area contributed by atoms with Crippen molar-refractivity contribution in [2.75, 3.05) is 0 Å². The molecule has 0 amide bonds. The molecule has 0 saturated heterocycles. The van der Waals surface area contributed by atoms with Crippen molar-refractivity contribution in [3.8, 4) is 0 Å². The molecule has 0 spiro atoms. The minimum Gasteiger partial charge on any atom is -0.387 e. The number of nitrogens with two attached hydrogens (primary N) is 1. The zero-order valence-corrected chi connectivity index (χ0v) is 8.30. The van der Waals surface area contributed by atoms with Crippen LogP contribution in [0.5, 0.6) is 0 Å². The van der Waals surface area contributed by atoms with Crippen molar-refractivity contribution in [3.63, 3.8) is 0 Å². The Balaban J connectivity index is 2.65. The Morgan fingerprint density at radius 2 is 1.93 bits per heavy atom. The molecule has 3 heteroatoms. The fourth-order valence-corrected chi connectivity index (χ4v) is 1.33. The first-order valence-electron chi connectivity index (χ1n) is 4.53. The first kappa shape index (κ1) is 10.4. The van der Waals surface area contributed by atoms with Gasteiger partial charge in [0.25, 0.3) is 0 Å². The third kappa shape index (κ3) is 3.01. The van der Waals surface area contributed by atoms with E-state index in [1.807, 2.05) is 31.2 Å². The molecule has 0 unspecified atom stereocenters. The van der Waals surface area contributed by atoms with Gasteiger partial charge in [-0.2, -0.15) is 0 Å². The highest BCUT2D eigenvalue weighted by molar-refractivity contribution is 6.00. The van der Waals surface area contributed by atoms with Crippen LogP contribution in [0.25, 0.3) is 0 Å². The quantitative estimate of drug-likeness (QED) is 0.491. The second-order valence-corrected chi connectivity index (χ2v) is 3.41. The van der Waals surface area contributed by atoms with Gasteiger partial charge < -0.3 is 11.1 Å². The van der Waals surface area contributed by atoms with Crippen molar-refractivity contribution in [2.24, 2.45) is 5.73 Å². The van der Waals surface area contributed by atoms with Crippen LogP contribution in [0.1, 0.15) is 17.5 Å². The van der Waals surface area contributed by atoms with Gasteiger partial charge >= 0.3 is 0 Å². The van der Waals surface area contributed by atoms with Crippen LogP contribution < -0.4 is 5.73 Å². The van der Waals surface area contributed by atoms with E-state index >= 15 is 0 Å². The Bertz CT molecular complexity index is 355. The first-order chi connectivity index (χ1) is 6.59. The summed E-state index contributed by atoms with van der Waals surface area (Å²) in [6.45, 7) is 2.02. The number of hydrogen-bond acceptors (Lipinski definition) is 2. The minimum absolute atomic E-state index is 0.0589. The molecular weight excluding hydrogens is 174 g/mol. The predicted octanol–water partition coefficient (Wildman–Crippen LogP) is 1.88. The van der Waals surface area contributed by atoms with Crippen molar-refractivity contribution in [1.29, 1.82) is 10.8 Å². The minimum atomic E-state index is 0.0589. The van der Waals surface area contributed by atoms with E-state index in [9.17, 15) is 0 Å². The van der Waals surface area contributed by atoms with Crippen LogP contribution in [0.2, 0.25) is 0 Å². The van der Waals surface area contributed by atoms with E-state index in [0.29, 0.717) is 12.1 Å². The molecule has 0 fully saturated rings. The second-order valence-electron chi connectivity index (χ2n) is 3.41. The van der Waals surface area contributed by atoms with Gasteiger partial charge in [-0.3, -0.25) is 5.41 Å². The first-order valence-corrected chi connectivity index (χ1v) is 4.53. The Kier molecular flexibility index (Phi) is 3.40. The normalized spacial score (nSPS) is 9.79. The number of hydrogen-bond donors (Lipinski definition) is 3. The smallest absolute Gasteiger partial charge is 0.0962 e. The number of nitrogens with one attached hydrogen (secondary N) is 2. The van der Waals surface area contributed by atoms with Crippen LogP contribution in [0.15, 0.2) is 24.3 Å². The van der Waals surface area contributed by atoms with Gasteiger partial charge in [0, 0.05) is 18.6 Å².